The van der Waals surface area contributed by atoms with Crippen LogP contribution in [-0.2, 0) is 26.3 Å². The molecule has 0 unspecified atom stereocenters. The molecule has 1 heterocycles. The average molecular weight is 413 g/mol. The highest BCUT2D eigenvalue weighted by Crippen LogP contribution is 2.32. The molecule has 0 saturated heterocycles. The van der Waals surface area contributed by atoms with E-state index < -0.39 is 5.97 Å². The number of fused-ring (bicyclic) bond motifs is 1. The molecule has 0 bridgehead atoms. The predicted octanol–water partition coefficient (Wildman–Crippen LogP) is 3.34. The first-order chi connectivity index (χ1) is 14.3. The molecule has 7 nitrogen and oxygen atoms in total. The number of hydrogen-bond acceptors (Lipinski definition) is 6. The van der Waals surface area contributed by atoms with Gasteiger partial charge in [-0.15, -0.1) is 0 Å². The Labute approximate surface area is 176 Å². The van der Waals surface area contributed by atoms with Crippen LogP contribution in [0.5, 0.6) is 17.2 Å². The monoisotopic (exact) mass is 413 g/mol. The van der Waals surface area contributed by atoms with E-state index >= 15 is 0 Å². The van der Waals surface area contributed by atoms with Crippen molar-refractivity contribution in [1.29, 1.82) is 0 Å². The van der Waals surface area contributed by atoms with Gasteiger partial charge in [-0.2, -0.15) is 0 Å². The SMILES string of the molecule is CC(C)(C)c1ccc(OCCC(=O)OCC(=O)NCc2ccc3c(c2)OCO3)cc1. The van der Waals surface area contributed by atoms with E-state index in [-0.39, 0.29) is 37.7 Å². The highest BCUT2D eigenvalue weighted by Gasteiger charge is 2.15. The Kier molecular flexibility index (Phi) is 6.82. The first-order valence-corrected chi connectivity index (χ1v) is 9.85. The third kappa shape index (κ3) is 6.14. The summed E-state index contributed by atoms with van der Waals surface area (Å²) in [6, 6.07) is 13.2. The van der Waals surface area contributed by atoms with Crippen molar-refractivity contribution < 1.29 is 28.5 Å². The van der Waals surface area contributed by atoms with Crippen molar-refractivity contribution in [1.82, 2.24) is 5.32 Å². The van der Waals surface area contributed by atoms with Crippen LogP contribution in [0, 0.1) is 0 Å². The molecular formula is C23H27NO6. The number of benzene rings is 2. The van der Waals surface area contributed by atoms with Crippen LogP contribution in [0.3, 0.4) is 0 Å². The van der Waals surface area contributed by atoms with E-state index in [0.29, 0.717) is 23.8 Å². The van der Waals surface area contributed by atoms with Crippen LogP contribution in [-0.4, -0.2) is 31.9 Å². The van der Waals surface area contributed by atoms with Crippen LogP contribution >= 0.6 is 0 Å². The molecule has 1 aliphatic rings. The number of esters is 1. The normalized spacial score (nSPS) is 12.4. The molecule has 1 N–H and O–H groups in total. The van der Waals surface area contributed by atoms with E-state index in [1.165, 1.54) is 5.56 Å². The summed E-state index contributed by atoms with van der Waals surface area (Å²) in [5, 5.41) is 2.70. The molecule has 1 aliphatic heterocycles. The van der Waals surface area contributed by atoms with Crippen LogP contribution in [0.1, 0.15) is 38.3 Å². The molecule has 2 aromatic rings. The molecule has 0 radical (unpaired) electrons. The van der Waals surface area contributed by atoms with Gasteiger partial charge in [0.15, 0.2) is 18.1 Å². The maximum Gasteiger partial charge on any atom is 0.309 e. The van der Waals surface area contributed by atoms with Crippen molar-refractivity contribution in [3.8, 4) is 17.2 Å². The minimum absolute atomic E-state index is 0.0659. The lowest BCUT2D eigenvalue weighted by molar-refractivity contribution is -0.149. The second-order valence-electron chi connectivity index (χ2n) is 8.00. The smallest absolute Gasteiger partial charge is 0.309 e. The zero-order valence-electron chi connectivity index (χ0n) is 17.5. The zero-order valence-corrected chi connectivity index (χ0v) is 17.5. The number of nitrogens with one attached hydrogen (secondary N) is 1. The number of hydrogen-bond donors (Lipinski definition) is 1. The minimum Gasteiger partial charge on any atom is -0.493 e. The highest BCUT2D eigenvalue weighted by molar-refractivity contribution is 5.80. The first kappa shape index (κ1) is 21.5. The molecule has 160 valence electrons. The largest absolute Gasteiger partial charge is 0.493 e. The third-order valence-electron chi connectivity index (χ3n) is 4.59. The second kappa shape index (κ2) is 9.52. The quantitative estimate of drug-likeness (QED) is 0.669. The van der Waals surface area contributed by atoms with Gasteiger partial charge in [-0.3, -0.25) is 9.59 Å². The number of carbonyl (C=O) groups is 2. The molecule has 0 spiro atoms. The Morgan fingerprint density at radius 2 is 1.77 bits per heavy atom. The fourth-order valence-electron chi connectivity index (χ4n) is 2.82. The van der Waals surface area contributed by atoms with Gasteiger partial charge >= 0.3 is 5.97 Å². The Morgan fingerprint density at radius 1 is 1.03 bits per heavy atom. The van der Waals surface area contributed by atoms with Crippen LogP contribution in [0.2, 0.25) is 0 Å². The highest BCUT2D eigenvalue weighted by atomic mass is 16.7. The summed E-state index contributed by atoms with van der Waals surface area (Å²) in [4.78, 5) is 23.7. The average Bonchev–Trinajstić information content (AvgIpc) is 3.18. The summed E-state index contributed by atoms with van der Waals surface area (Å²) in [6.07, 6.45) is 0.0659. The second-order valence-corrected chi connectivity index (χ2v) is 8.00. The van der Waals surface area contributed by atoms with E-state index in [2.05, 4.69) is 26.1 Å². The lowest BCUT2D eigenvalue weighted by Crippen LogP contribution is -2.28. The third-order valence-corrected chi connectivity index (χ3v) is 4.59. The molecular weight excluding hydrogens is 386 g/mol. The Morgan fingerprint density at radius 3 is 2.50 bits per heavy atom. The van der Waals surface area contributed by atoms with Gasteiger partial charge < -0.3 is 24.3 Å². The number of carbonyl (C=O) groups excluding carboxylic acids is 2. The Balaban J connectivity index is 1.32. The van der Waals surface area contributed by atoms with Crippen molar-refractivity contribution in [3.05, 3.63) is 53.6 Å². The molecule has 3 rings (SSSR count). The molecule has 30 heavy (non-hydrogen) atoms. The van der Waals surface area contributed by atoms with Gasteiger partial charge in [-0.1, -0.05) is 39.0 Å². The molecule has 2 aromatic carbocycles. The number of ether oxygens (including phenoxy) is 4. The van der Waals surface area contributed by atoms with Crippen molar-refractivity contribution in [2.75, 3.05) is 20.0 Å². The van der Waals surface area contributed by atoms with Gasteiger partial charge in [-0.05, 0) is 40.8 Å². The summed E-state index contributed by atoms with van der Waals surface area (Å²) in [7, 11) is 0. The molecule has 0 saturated carbocycles. The standard InChI is InChI=1S/C23H27NO6/c1-23(2,3)17-5-7-18(8-6-17)27-11-10-22(26)28-14-21(25)24-13-16-4-9-19-20(12-16)30-15-29-19/h4-9,12H,10-11,13-15H2,1-3H3,(H,24,25). The first-order valence-electron chi connectivity index (χ1n) is 9.85. The lowest BCUT2D eigenvalue weighted by Gasteiger charge is -2.19. The maximum absolute atomic E-state index is 11.9. The van der Waals surface area contributed by atoms with E-state index in [4.69, 9.17) is 18.9 Å². The summed E-state index contributed by atoms with van der Waals surface area (Å²) in [5.41, 5.74) is 2.15. The summed E-state index contributed by atoms with van der Waals surface area (Å²) >= 11 is 0. The molecule has 0 aliphatic carbocycles. The molecule has 1 amide bonds. The van der Waals surface area contributed by atoms with Crippen LogP contribution in [0.15, 0.2) is 42.5 Å². The summed E-state index contributed by atoms with van der Waals surface area (Å²) < 4.78 is 21.1. The van der Waals surface area contributed by atoms with Crippen molar-refractivity contribution in [2.45, 2.75) is 39.2 Å². The van der Waals surface area contributed by atoms with Crippen LogP contribution in [0.4, 0.5) is 0 Å². The fourth-order valence-corrected chi connectivity index (χ4v) is 2.82. The van der Waals surface area contributed by atoms with Crippen LogP contribution in [0.25, 0.3) is 0 Å². The lowest BCUT2D eigenvalue weighted by atomic mass is 9.87. The molecule has 0 fully saturated rings. The van der Waals surface area contributed by atoms with Crippen molar-refractivity contribution in [3.63, 3.8) is 0 Å². The van der Waals surface area contributed by atoms with Gasteiger partial charge in [-0.25, -0.2) is 0 Å². The molecule has 0 atom stereocenters. The van der Waals surface area contributed by atoms with Gasteiger partial charge in [0.25, 0.3) is 5.91 Å². The minimum atomic E-state index is -0.487. The van der Waals surface area contributed by atoms with Crippen molar-refractivity contribution in [2.24, 2.45) is 0 Å². The van der Waals surface area contributed by atoms with E-state index in [0.717, 1.165) is 5.56 Å². The molecule has 7 heteroatoms. The topological polar surface area (TPSA) is 83.1 Å². The van der Waals surface area contributed by atoms with E-state index in [9.17, 15) is 9.59 Å². The maximum atomic E-state index is 11.9. The number of rotatable bonds is 8. The van der Waals surface area contributed by atoms with Gasteiger partial charge in [0.2, 0.25) is 6.79 Å². The Bertz CT molecular complexity index is 886. The van der Waals surface area contributed by atoms with E-state index in [1.807, 2.05) is 30.3 Å². The van der Waals surface area contributed by atoms with Crippen LogP contribution < -0.4 is 19.5 Å². The van der Waals surface area contributed by atoms with E-state index in [1.54, 1.807) is 12.1 Å². The fraction of sp³-hybridized carbons (Fsp3) is 0.391. The van der Waals surface area contributed by atoms with Gasteiger partial charge in [0.1, 0.15) is 5.75 Å². The summed E-state index contributed by atoms with van der Waals surface area (Å²) in [6.45, 7) is 6.79. The van der Waals surface area contributed by atoms with Crippen molar-refractivity contribution >= 4 is 11.9 Å². The van der Waals surface area contributed by atoms with Gasteiger partial charge in [0.05, 0.1) is 13.0 Å². The Hall–Kier alpha value is -3.22. The predicted molar refractivity (Wildman–Crippen MR) is 111 cm³/mol. The summed E-state index contributed by atoms with van der Waals surface area (Å²) in [5.74, 6) is 1.17. The van der Waals surface area contributed by atoms with Gasteiger partial charge in [0, 0.05) is 6.54 Å². The zero-order chi connectivity index (χ0) is 21.6. The number of amides is 1. The molecule has 0 aromatic heterocycles.